The van der Waals surface area contributed by atoms with E-state index in [0.717, 1.165) is 6.08 Å². The maximum atomic E-state index is 8.93. The molecule has 0 N–H and O–H groups in total. The summed E-state index contributed by atoms with van der Waals surface area (Å²) in [5.41, 5.74) is 0. The van der Waals surface area contributed by atoms with Gasteiger partial charge in [0.2, 0.25) is 0 Å². The largest absolute Gasteiger partial charge is 1.00 e. The van der Waals surface area contributed by atoms with Crippen LogP contribution in [0, 0.1) is 0 Å². The van der Waals surface area contributed by atoms with E-state index in [0.29, 0.717) is 0 Å². The van der Waals surface area contributed by atoms with E-state index in [1.54, 1.807) is 0 Å². The number of allylic oxidation sites excluding steroid dienone is 1. The van der Waals surface area contributed by atoms with Crippen LogP contribution in [0.4, 0.5) is 0 Å². The van der Waals surface area contributed by atoms with Gasteiger partial charge in [-0.3, -0.25) is 0 Å². The van der Waals surface area contributed by atoms with Crippen LogP contribution in [0.25, 0.3) is 0 Å². The number of carbonyl (C=O) groups excluding carboxylic acids is 1. The molecular weight excluding hydrogens is 226 g/mol. The summed E-state index contributed by atoms with van der Waals surface area (Å²) in [6, 6.07) is 0. The van der Waals surface area contributed by atoms with Crippen LogP contribution < -0.4 is 0 Å². The van der Waals surface area contributed by atoms with Gasteiger partial charge in [-0.2, -0.15) is 0 Å². The monoisotopic (exact) mass is 228 g/mol. The summed E-state index contributed by atoms with van der Waals surface area (Å²) in [5.74, 6) is 0. The minimum atomic E-state index is 0. The van der Waals surface area contributed by atoms with Crippen molar-refractivity contribution >= 4 is 6.29 Å². The quantitative estimate of drug-likeness (QED) is 0.358. The standard InChI is InChI=1S/C3H3O.Cr.Cu.Ni/c1-2-3-4;;;/h2H,1H2;;;/q-1;;+1;. The van der Waals surface area contributed by atoms with Gasteiger partial charge in [0.15, 0.2) is 0 Å². The first-order valence-electron chi connectivity index (χ1n) is 0.901. The Morgan fingerprint density at radius 3 is 1.71 bits per heavy atom. The van der Waals surface area contributed by atoms with Crippen LogP contribution in [0.5, 0.6) is 0 Å². The molecule has 0 aliphatic heterocycles. The Morgan fingerprint density at radius 2 is 1.71 bits per heavy atom. The molecule has 0 aliphatic rings. The zero-order chi connectivity index (χ0) is 3.41. The fourth-order valence-corrected chi connectivity index (χ4v) is 0. The summed E-state index contributed by atoms with van der Waals surface area (Å²) in [6.07, 6.45) is 2.51. The summed E-state index contributed by atoms with van der Waals surface area (Å²) >= 11 is 0. The Kier molecular flexibility index (Phi) is 99.3. The smallest absolute Gasteiger partial charge is 0.419 e. The van der Waals surface area contributed by atoms with Gasteiger partial charge in [-0.05, 0) is 6.29 Å². The van der Waals surface area contributed by atoms with Crippen molar-refractivity contribution in [2.45, 2.75) is 0 Å². The van der Waals surface area contributed by atoms with Crippen molar-refractivity contribution in [1.29, 1.82) is 0 Å². The third kappa shape index (κ3) is 44.7. The molecule has 0 aromatic heterocycles. The second-order valence-corrected chi connectivity index (χ2v) is 0.322. The van der Waals surface area contributed by atoms with Gasteiger partial charge in [0.1, 0.15) is 0 Å². The fourth-order valence-electron chi connectivity index (χ4n) is 0. The van der Waals surface area contributed by atoms with Crippen molar-refractivity contribution in [3.8, 4) is 0 Å². The van der Waals surface area contributed by atoms with E-state index in [4.69, 9.17) is 4.79 Å². The second kappa shape index (κ2) is 28.2. The second-order valence-electron chi connectivity index (χ2n) is 0.322. The van der Waals surface area contributed by atoms with Crippen molar-refractivity contribution < 1.29 is 55.7 Å². The van der Waals surface area contributed by atoms with E-state index < -0.39 is 0 Å². The van der Waals surface area contributed by atoms with Gasteiger partial charge in [-0.1, -0.05) is 0 Å². The maximum absolute atomic E-state index is 8.93. The Morgan fingerprint density at radius 1 is 1.57 bits per heavy atom. The fraction of sp³-hybridized carbons (Fsp3) is 0. The number of hydrogen-bond acceptors (Lipinski definition) is 1. The van der Waals surface area contributed by atoms with Gasteiger partial charge in [0.25, 0.3) is 0 Å². The minimum Gasteiger partial charge on any atom is -0.419 e. The van der Waals surface area contributed by atoms with Crippen LogP contribution >= 0.6 is 0 Å². The first kappa shape index (κ1) is 24.6. The molecular formula is C3H3CrCuNiO. The van der Waals surface area contributed by atoms with E-state index in [9.17, 15) is 0 Å². The molecule has 0 aromatic rings. The van der Waals surface area contributed by atoms with Crippen molar-refractivity contribution in [2.75, 3.05) is 0 Å². The normalized spacial score (nSPS) is 2.86. The molecule has 0 atom stereocenters. The van der Waals surface area contributed by atoms with Crippen LogP contribution in [0.1, 0.15) is 0 Å². The topological polar surface area (TPSA) is 17.1 Å². The molecule has 4 heteroatoms. The molecule has 0 aliphatic carbocycles. The average molecular weight is 229 g/mol. The van der Waals surface area contributed by atoms with Crippen LogP contribution in [0.15, 0.2) is 12.7 Å². The molecule has 0 saturated carbocycles. The molecule has 0 saturated heterocycles. The van der Waals surface area contributed by atoms with Crippen molar-refractivity contribution in [3.05, 3.63) is 12.7 Å². The molecule has 48 valence electrons. The molecule has 0 spiro atoms. The summed E-state index contributed by atoms with van der Waals surface area (Å²) in [6.45, 7) is 3.06. The van der Waals surface area contributed by atoms with Crippen LogP contribution in [0.3, 0.4) is 0 Å². The molecule has 0 bridgehead atoms. The molecule has 0 heterocycles. The molecule has 0 unspecified atom stereocenters. The van der Waals surface area contributed by atoms with Gasteiger partial charge < -0.3 is 4.79 Å². The van der Waals surface area contributed by atoms with Gasteiger partial charge in [0, 0.05) is 33.9 Å². The van der Waals surface area contributed by atoms with E-state index in [-0.39, 0.29) is 50.9 Å². The number of hydrogen-bond donors (Lipinski definition) is 0. The predicted octanol–water partition coefficient (Wildman–Crippen LogP) is 0.275. The SMILES string of the molecule is C=C[C-]=O.[Cr].[Cu+].[Ni]. The zero-order valence-electron chi connectivity index (χ0n) is 3.22. The molecule has 0 aromatic carbocycles. The van der Waals surface area contributed by atoms with Gasteiger partial charge in [-0.15, -0.1) is 0 Å². The van der Waals surface area contributed by atoms with Gasteiger partial charge in [0.05, 0.1) is 0 Å². The minimum absolute atomic E-state index is 0. The van der Waals surface area contributed by atoms with Crippen LogP contribution in [-0.2, 0) is 55.7 Å². The maximum Gasteiger partial charge on any atom is 1.00 e. The van der Waals surface area contributed by atoms with E-state index in [1.807, 2.05) is 0 Å². The third-order valence-electron chi connectivity index (χ3n) is 0.0833. The first-order chi connectivity index (χ1) is 1.91. The Balaban J connectivity index is -0.0000000150. The van der Waals surface area contributed by atoms with Gasteiger partial charge in [-0.25, -0.2) is 12.7 Å². The van der Waals surface area contributed by atoms with Gasteiger partial charge >= 0.3 is 17.1 Å². The third-order valence-corrected chi connectivity index (χ3v) is 0.0833. The van der Waals surface area contributed by atoms with Crippen LogP contribution in [0.2, 0.25) is 0 Å². The summed E-state index contributed by atoms with van der Waals surface area (Å²) in [4.78, 5) is 8.93. The molecule has 0 amide bonds. The Bertz CT molecular complexity index is 35.9. The summed E-state index contributed by atoms with van der Waals surface area (Å²) in [7, 11) is 0. The van der Waals surface area contributed by atoms with E-state index in [2.05, 4.69) is 6.58 Å². The Labute approximate surface area is 74.5 Å². The van der Waals surface area contributed by atoms with Crippen LogP contribution in [-0.4, -0.2) is 6.29 Å². The summed E-state index contributed by atoms with van der Waals surface area (Å²) < 4.78 is 0. The van der Waals surface area contributed by atoms with E-state index >= 15 is 0 Å². The predicted molar refractivity (Wildman–Crippen MR) is 15.9 cm³/mol. The average Bonchev–Trinajstić information content (AvgIpc) is 1.37. The number of rotatable bonds is 1. The summed E-state index contributed by atoms with van der Waals surface area (Å²) in [5, 5.41) is 0. The van der Waals surface area contributed by atoms with Crippen molar-refractivity contribution in [3.63, 3.8) is 0 Å². The molecule has 7 heavy (non-hydrogen) atoms. The van der Waals surface area contributed by atoms with Crippen molar-refractivity contribution in [2.24, 2.45) is 0 Å². The van der Waals surface area contributed by atoms with E-state index in [1.165, 1.54) is 6.29 Å². The molecule has 0 radical (unpaired) electrons. The first-order valence-corrected chi connectivity index (χ1v) is 0.901. The van der Waals surface area contributed by atoms with Crippen molar-refractivity contribution in [1.82, 2.24) is 0 Å². The molecule has 1 nitrogen and oxygen atoms in total. The Hall–Kier alpha value is 0.955. The molecule has 0 fully saturated rings. The zero-order valence-corrected chi connectivity index (χ0v) is 6.42. The molecule has 0 rings (SSSR count).